The van der Waals surface area contributed by atoms with Gasteiger partial charge in [0.25, 0.3) is 0 Å². The van der Waals surface area contributed by atoms with Crippen LogP contribution in [0.25, 0.3) is 11.3 Å². The fourth-order valence-corrected chi connectivity index (χ4v) is 5.09. The van der Waals surface area contributed by atoms with Gasteiger partial charge in [-0.3, -0.25) is 0 Å². The summed E-state index contributed by atoms with van der Waals surface area (Å²) < 4.78 is 15.4. The minimum absolute atomic E-state index is 0.101. The molecule has 0 radical (unpaired) electrons. The third-order valence-electron chi connectivity index (χ3n) is 6.98. The van der Waals surface area contributed by atoms with Crippen molar-refractivity contribution < 1.29 is 14.3 Å². The lowest BCUT2D eigenvalue weighted by Gasteiger charge is -2.26. The highest BCUT2D eigenvalue weighted by Crippen LogP contribution is 2.49. The van der Waals surface area contributed by atoms with E-state index in [1.54, 1.807) is 24.2 Å². The Morgan fingerprint density at radius 3 is 2.44 bits per heavy atom. The lowest BCUT2D eigenvalue weighted by atomic mass is 9.84. The van der Waals surface area contributed by atoms with Gasteiger partial charge in [0.1, 0.15) is 12.1 Å². The standard InChI is InChI=1S/C31H25N7O3/c1-20-26-27(22-13-15-24(39-2)16-14-22)28-29-34-25(18-40-33-17-21-9-5-3-6-10-21)36-37(29)19-32-30(28)41-31(26)38(35-20)23-11-7-4-8-12-23/h3-17,19,27H,18H2,1-2H3/b33-17+. The van der Waals surface area contributed by atoms with Crippen molar-refractivity contribution in [3.63, 3.8) is 0 Å². The number of methoxy groups -OCH3 is 1. The van der Waals surface area contributed by atoms with Crippen molar-refractivity contribution in [1.82, 2.24) is 29.4 Å². The molecule has 0 fully saturated rings. The SMILES string of the molecule is COc1ccc(C2c3c(C)nn(-c4ccccc4)c3Oc3ncn4nc(CO/N=C/c5ccccc5)nc4c32)cc1. The summed E-state index contributed by atoms with van der Waals surface area (Å²) in [5, 5.41) is 13.5. The molecule has 1 aliphatic heterocycles. The first-order chi connectivity index (χ1) is 20.2. The molecule has 6 aromatic rings. The topological polar surface area (TPSA) is 101 Å². The summed E-state index contributed by atoms with van der Waals surface area (Å²) in [6.07, 6.45) is 3.26. The second-order valence-electron chi connectivity index (χ2n) is 9.54. The van der Waals surface area contributed by atoms with Crippen LogP contribution in [0.5, 0.6) is 17.5 Å². The molecule has 0 N–H and O–H groups in total. The van der Waals surface area contributed by atoms with Crippen molar-refractivity contribution in [3.8, 4) is 23.2 Å². The number of rotatable bonds is 7. The summed E-state index contributed by atoms with van der Waals surface area (Å²) >= 11 is 0. The van der Waals surface area contributed by atoms with Gasteiger partial charge < -0.3 is 14.3 Å². The number of benzene rings is 3. The van der Waals surface area contributed by atoms with E-state index in [0.717, 1.165) is 39.4 Å². The maximum atomic E-state index is 6.47. The highest BCUT2D eigenvalue weighted by Gasteiger charge is 2.38. The van der Waals surface area contributed by atoms with Crippen LogP contribution in [0.2, 0.25) is 0 Å². The van der Waals surface area contributed by atoms with E-state index in [0.29, 0.717) is 23.2 Å². The van der Waals surface area contributed by atoms with E-state index in [1.165, 1.54) is 0 Å². The summed E-state index contributed by atoms with van der Waals surface area (Å²) in [6.45, 7) is 2.09. The number of aryl methyl sites for hydroxylation is 1. The molecule has 0 amide bonds. The van der Waals surface area contributed by atoms with Crippen molar-refractivity contribution >= 4 is 11.9 Å². The van der Waals surface area contributed by atoms with Crippen molar-refractivity contribution in [2.45, 2.75) is 19.4 Å². The molecule has 10 nitrogen and oxygen atoms in total. The molecule has 0 aliphatic carbocycles. The first kappa shape index (κ1) is 24.5. The van der Waals surface area contributed by atoms with Crippen molar-refractivity contribution in [2.24, 2.45) is 5.16 Å². The van der Waals surface area contributed by atoms with E-state index in [1.807, 2.05) is 96.5 Å². The van der Waals surface area contributed by atoms with Gasteiger partial charge in [-0.1, -0.05) is 65.8 Å². The molecule has 1 atom stereocenters. The Morgan fingerprint density at radius 1 is 0.927 bits per heavy atom. The van der Waals surface area contributed by atoms with Crippen molar-refractivity contribution in [2.75, 3.05) is 7.11 Å². The number of oxime groups is 1. The number of nitrogens with zero attached hydrogens (tertiary/aromatic N) is 7. The van der Waals surface area contributed by atoms with Gasteiger partial charge in [0.05, 0.1) is 41.8 Å². The third kappa shape index (κ3) is 4.45. The zero-order chi connectivity index (χ0) is 27.8. The quantitative estimate of drug-likeness (QED) is 0.194. The molecule has 0 spiro atoms. The van der Waals surface area contributed by atoms with Gasteiger partial charge in [-0.2, -0.15) is 5.10 Å². The van der Waals surface area contributed by atoms with Gasteiger partial charge >= 0.3 is 0 Å². The number of hydrogen-bond acceptors (Lipinski definition) is 8. The van der Waals surface area contributed by atoms with E-state index in [2.05, 4.69) is 15.2 Å². The van der Waals surface area contributed by atoms with Crippen LogP contribution < -0.4 is 9.47 Å². The van der Waals surface area contributed by atoms with Crippen LogP contribution in [0.3, 0.4) is 0 Å². The molecular formula is C31H25N7O3. The van der Waals surface area contributed by atoms with E-state index < -0.39 is 0 Å². The van der Waals surface area contributed by atoms with Gasteiger partial charge in [0.15, 0.2) is 18.1 Å². The van der Waals surface area contributed by atoms with E-state index in [9.17, 15) is 0 Å². The number of para-hydroxylation sites is 1. The molecule has 0 saturated carbocycles. The lowest BCUT2D eigenvalue weighted by molar-refractivity contribution is 0.126. The third-order valence-corrected chi connectivity index (χ3v) is 6.98. The average Bonchev–Trinajstić information content (AvgIpc) is 3.60. The Bertz CT molecular complexity index is 1860. The molecule has 0 saturated heterocycles. The molecule has 3 aromatic carbocycles. The van der Waals surface area contributed by atoms with Gasteiger partial charge in [0, 0.05) is 0 Å². The zero-order valence-electron chi connectivity index (χ0n) is 22.4. The fraction of sp³-hybridized carbons (Fsp3) is 0.129. The Hall–Kier alpha value is -5.51. The molecule has 0 bridgehead atoms. The molecule has 41 heavy (non-hydrogen) atoms. The summed E-state index contributed by atoms with van der Waals surface area (Å²) in [7, 11) is 1.65. The van der Waals surface area contributed by atoms with Gasteiger partial charge in [-0.15, -0.1) is 5.10 Å². The number of aromatic nitrogens is 6. The Balaban J connectivity index is 1.31. The van der Waals surface area contributed by atoms with Gasteiger partial charge in [-0.05, 0) is 42.3 Å². The van der Waals surface area contributed by atoms with E-state index >= 15 is 0 Å². The van der Waals surface area contributed by atoms with Crippen LogP contribution in [0.4, 0.5) is 0 Å². The molecule has 202 valence electrons. The zero-order valence-corrected chi connectivity index (χ0v) is 22.4. The predicted octanol–water partition coefficient (Wildman–Crippen LogP) is 5.46. The summed E-state index contributed by atoms with van der Waals surface area (Å²) in [6, 6.07) is 27.6. The monoisotopic (exact) mass is 543 g/mol. The normalized spacial score (nSPS) is 14.0. The van der Waals surface area contributed by atoms with E-state index in [-0.39, 0.29) is 12.5 Å². The minimum Gasteiger partial charge on any atom is -0.497 e. The number of fused-ring (bicyclic) bond motifs is 4. The highest BCUT2D eigenvalue weighted by atomic mass is 16.6. The molecule has 10 heteroatoms. The molecule has 7 rings (SSSR count). The summed E-state index contributed by atoms with van der Waals surface area (Å²) in [5.74, 6) is 2.05. The Kier molecular flexibility index (Phi) is 6.12. The molecule has 3 aromatic heterocycles. The molecular weight excluding hydrogens is 518 g/mol. The Morgan fingerprint density at radius 2 is 1.68 bits per heavy atom. The number of ether oxygens (including phenoxy) is 2. The lowest BCUT2D eigenvalue weighted by Crippen LogP contribution is -2.16. The van der Waals surface area contributed by atoms with Gasteiger partial charge in [-0.25, -0.2) is 19.2 Å². The maximum Gasteiger partial charge on any atom is 0.230 e. The first-order valence-corrected chi connectivity index (χ1v) is 13.1. The predicted molar refractivity (Wildman–Crippen MR) is 152 cm³/mol. The van der Waals surface area contributed by atoms with Crippen LogP contribution in [0.1, 0.15) is 39.7 Å². The Labute approximate surface area is 235 Å². The fourth-order valence-electron chi connectivity index (χ4n) is 5.09. The summed E-state index contributed by atoms with van der Waals surface area (Å²) in [4.78, 5) is 15.0. The highest BCUT2D eigenvalue weighted by molar-refractivity contribution is 5.78. The van der Waals surface area contributed by atoms with Gasteiger partial charge in [0.2, 0.25) is 11.8 Å². The maximum absolute atomic E-state index is 6.47. The first-order valence-electron chi connectivity index (χ1n) is 13.1. The van der Waals surface area contributed by atoms with Crippen molar-refractivity contribution in [1.29, 1.82) is 0 Å². The van der Waals surface area contributed by atoms with E-state index in [4.69, 9.17) is 24.4 Å². The second-order valence-corrected chi connectivity index (χ2v) is 9.54. The molecule has 4 heterocycles. The van der Waals surface area contributed by atoms with Crippen LogP contribution in [0, 0.1) is 6.92 Å². The largest absolute Gasteiger partial charge is 0.497 e. The minimum atomic E-state index is -0.262. The molecule has 1 unspecified atom stereocenters. The average molecular weight is 544 g/mol. The second kappa shape index (κ2) is 10.2. The smallest absolute Gasteiger partial charge is 0.230 e. The number of hydrogen-bond donors (Lipinski definition) is 0. The van der Waals surface area contributed by atoms with Crippen LogP contribution in [-0.2, 0) is 11.4 Å². The van der Waals surface area contributed by atoms with Crippen molar-refractivity contribution in [3.05, 3.63) is 125 Å². The summed E-state index contributed by atoms with van der Waals surface area (Å²) in [5.41, 5.74) is 6.07. The van der Waals surface area contributed by atoms with Crippen LogP contribution in [0.15, 0.2) is 96.4 Å². The van der Waals surface area contributed by atoms with Crippen LogP contribution in [-0.4, -0.2) is 42.7 Å². The molecule has 1 aliphatic rings. The van der Waals surface area contributed by atoms with Crippen LogP contribution >= 0.6 is 0 Å².